The van der Waals surface area contributed by atoms with E-state index >= 15 is 0 Å². The van der Waals surface area contributed by atoms with Crippen molar-refractivity contribution >= 4 is 11.8 Å². The third-order valence-electron chi connectivity index (χ3n) is 2.41. The lowest BCUT2D eigenvalue weighted by Gasteiger charge is -2.39. The smallest absolute Gasteiger partial charge is 0.355 e. The van der Waals surface area contributed by atoms with E-state index in [0.717, 1.165) is 4.90 Å². The Labute approximate surface area is 96.3 Å². The van der Waals surface area contributed by atoms with Crippen LogP contribution in [0, 0.1) is 5.92 Å². The second-order valence-corrected chi connectivity index (χ2v) is 3.91. The summed E-state index contributed by atoms with van der Waals surface area (Å²) in [6.45, 7) is 0.538. The highest BCUT2D eigenvalue weighted by atomic mass is 19.4. The van der Waals surface area contributed by atoms with Crippen LogP contribution in [0.5, 0.6) is 0 Å². The Morgan fingerprint density at radius 3 is 2.41 bits per heavy atom. The molecule has 1 heterocycles. The fraction of sp³-hybridized carbons (Fsp3) is 0.778. The van der Waals surface area contributed by atoms with Gasteiger partial charge in [0.2, 0.25) is 5.91 Å². The molecule has 0 saturated carbocycles. The van der Waals surface area contributed by atoms with Crippen LogP contribution in [-0.4, -0.2) is 56.1 Å². The topological polar surface area (TPSA) is 61.4 Å². The molecule has 2 amide bonds. The molecule has 17 heavy (non-hydrogen) atoms. The molecule has 8 heteroatoms. The summed E-state index contributed by atoms with van der Waals surface area (Å²) in [6.07, 6.45) is -4.81. The van der Waals surface area contributed by atoms with Gasteiger partial charge in [-0.15, -0.1) is 0 Å². The molecule has 0 aliphatic carbocycles. The zero-order valence-corrected chi connectivity index (χ0v) is 9.30. The van der Waals surface area contributed by atoms with Crippen LogP contribution >= 0.6 is 0 Å². The van der Waals surface area contributed by atoms with E-state index in [0.29, 0.717) is 6.54 Å². The first-order chi connectivity index (χ1) is 7.84. The molecule has 0 spiro atoms. The van der Waals surface area contributed by atoms with Crippen LogP contribution < -0.4 is 10.6 Å². The maximum atomic E-state index is 12.0. The highest BCUT2D eigenvalue weighted by Gasteiger charge is 2.46. The van der Waals surface area contributed by atoms with Crippen molar-refractivity contribution in [2.45, 2.75) is 6.18 Å². The number of rotatable bonds is 4. The van der Waals surface area contributed by atoms with E-state index in [1.807, 2.05) is 0 Å². The van der Waals surface area contributed by atoms with Gasteiger partial charge in [0.15, 0.2) is 0 Å². The van der Waals surface area contributed by atoms with E-state index in [9.17, 15) is 22.8 Å². The van der Waals surface area contributed by atoms with Crippen molar-refractivity contribution in [1.82, 2.24) is 15.5 Å². The summed E-state index contributed by atoms with van der Waals surface area (Å²) in [5.74, 6) is -2.12. The maximum absolute atomic E-state index is 12.0. The second-order valence-electron chi connectivity index (χ2n) is 3.91. The lowest BCUT2D eigenvalue weighted by Crippen LogP contribution is -2.57. The monoisotopic (exact) mass is 253 g/mol. The van der Waals surface area contributed by atoms with E-state index in [1.54, 1.807) is 7.05 Å². The first kappa shape index (κ1) is 13.8. The molecule has 0 aromatic heterocycles. The minimum absolute atomic E-state index is 0.0399. The van der Waals surface area contributed by atoms with Gasteiger partial charge in [0, 0.05) is 25.6 Å². The molecule has 1 aliphatic heterocycles. The molecule has 0 radical (unpaired) electrons. The molecule has 1 fully saturated rings. The Hall–Kier alpha value is -1.31. The van der Waals surface area contributed by atoms with Crippen molar-refractivity contribution < 1.29 is 22.8 Å². The van der Waals surface area contributed by atoms with E-state index in [4.69, 9.17) is 0 Å². The number of halogens is 3. The summed E-state index contributed by atoms with van der Waals surface area (Å²) < 4.78 is 36.0. The Kier molecular flexibility index (Phi) is 4.33. The Balaban J connectivity index is 2.20. The number of carbonyl (C=O) groups excluding carboxylic acids is 2. The van der Waals surface area contributed by atoms with Gasteiger partial charge in [-0.1, -0.05) is 0 Å². The fourth-order valence-corrected chi connectivity index (χ4v) is 1.53. The number of hydrogen-bond acceptors (Lipinski definition) is 3. The fourth-order valence-electron chi connectivity index (χ4n) is 1.53. The van der Waals surface area contributed by atoms with Crippen LogP contribution in [0.3, 0.4) is 0 Å². The predicted molar refractivity (Wildman–Crippen MR) is 53.1 cm³/mol. The minimum atomic E-state index is -4.81. The van der Waals surface area contributed by atoms with Gasteiger partial charge in [0.05, 0.1) is 6.54 Å². The molecule has 2 N–H and O–H groups in total. The van der Waals surface area contributed by atoms with Gasteiger partial charge in [0.25, 0.3) is 0 Å². The molecule has 0 bridgehead atoms. The average Bonchev–Trinajstić information content (AvgIpc) is 2.13. The van der Waals surface area contributed by atoms with Crippen molar-refractivity contribution in [3.63, 3.8) is 0 Å². The Morgan fingerprint density at radius 1 is 1.35 bits per heavy atom. The predicted octanol–water partition coefficient (Wildman–Crippen LogP) is -0.657. The average molecular weight is 253 g/mol. The number of nitrogens with one attached hydrogen (secondary N) is 2. The third-order valence-corrected chi connectivity index (χ3v) is 2.41. The normalized spacial score (nSPS) is 16.6. The van der Waals surface area contributed by atoms with E-state index in [2.05, 4.69) is 10.6 Å². The SMILES string of the molecule is CNCC(=O)NCC1CN(C(=O)C(F)(F)F)C1. The molecule has 0 atom stereocenters. The van der Waals surface area contributed by atoms with Gasteiger partial charge in [-0.05, 0) is 7.05 Å². The molecule has 1 rings (SSSR count). The number of likely N-dealkylation sites (tertiary alicyclic amines) is 1. The summed E-state index contributed by atoms with van der Waals surface area (Å²) in [6, 6.07) is 0. The van der Waals surface area contributed by atoms with Gasteiger partial charge in [-0.3, -0.25) is 9.59 Å². The van der Waals surface area contributed by atoms with Crippen LogP contribution in [0.4, 0.5) is 13.2 Å². The van der Waals surface area contributed by atoms with E-state index in [-0.39, 0.29) is 31.5 Å². The van der Waals surface area contributed by atoms with E-state index < -0.39 is 12.1 Å². The van der Waals surface area contributed by atoms with Gasteiger partial charge in [0.1, 0.15) is 0 Å². The zero-order chi connectivity index (χ0) is 13.1. The lowest BCUT2D eigenvalue weighted by atomic mass is 10.00. The highest BCUT2D eigenvalue weighted by Crippen LogP contribution is 2.24. The van der Waals surface area contributed by atoms with Crippen LogP contribution in [0.15, 0.2) is 0 Å². The highest BCUT2D eigenvalue weighted by molar-refractivity contribution is 5.82. The van der Waals surface area contributed by atoms with Gasteiger partial charge in [-0.2, -0.15) is 13.2 Å². The van der Waals surface area contributed by atoms with Crippen molar-refractivity contribution in [1.29, 1.82) is 0 Å². The molecule has 0 aromatic rings. The van der Waals surface area contributed by atoms with Crippen LogP contribution in [0.25, 0.3) is 0 Å². The van der Waals surface area contributed by atoms with Crippen LogP contribution in [0.2, 0.25) is 0 Å². The van der Waals surface area contributed by atoms with Crippen molar-refractivity contribution in [3.05, 3.63) is 0 Å². The number of carbonyl (C=O) groups is 2. The molecule has 98 valence electrons. The van der Waals surface area contributed by atoms with Gasteiger partial charge >= 0.3 is 12.1 Å². The number of likely N-dealkylation sites (N-methyl/N-ethyl adjacent to an activating group) is 1. The number of hydrogen-bond donors (Lipinski definition) is 2. The lowest BCUT2D eigenvalue weighted by molar-refractivity contribution is -0.191. The Morgan fingerprint density at radius 2 is 1.94 bits per heavy atom. The number of nitrogens with zero attached hydrogens (tertiary/aromatic N) is 1. The summed E-state index contributed by atoms with van der Waals surface area (Å²) in [5, 5.41) is 5.21. The first-order valence-corrected chi connectivity index (χ1v) is 5.12. The number of alkyl halides is 3. The Bertz CT molecular complexity index is 300. The molecule has 1 saturated heterocycles. The second kappa shape index (κ2) is 5.35. The van der Waals surface area contributed by atoms with Crippen molar-refractivity contribution in [2.24, 2.45) is 5.92 Å². The van der Waals surface area contributed by atoms with Crippen molar-refractivity contribution in [3.8, 4) is 0 Å². The largest absolute Gasteiger partial charge is 0.471 e. The summed E-state index contributed by atoms with van der Waals surface area (Å²) in [5.41, 5.74) is 0. The molecular weight excluding hydrogens is 239 g/mol. The maximum Gasteiger partial charge on any atom is 0.471 e. The van der Waals surface area contributed by atoms with Crippen LogP contribution in [-0.2, 0) is 9.59 Å². The van der Waals surface area contributed by atoms with E-state index in [1.165, 1.54) is 0 Å². The molecular formula is C9H14F3N3O2. The molecule has 1 aliphatic rings. The number of amides is 2. The zero-order valence-electron chi connectivity index (χ0n) is 9.30. The summed E-state index contributed by atoms with van der Waals surface area (Å²) >= 11 is 0. The van der Waals surface area contributed by atoms with Gasteiger partial charge < -0.3 is 15.5 Å². The summed E-state index contributed by atoms with van der Waals surface area (Å²) in [7, 11) is 1.62. The molecule has 0 unspecified atom stereocenters. The molecule has 0 aromatic carbocycles. The van der Waals surface area contributed by atoms with Crippen molar-refractivity contribution in [2.75, 3.05) is 33.2 Å². The van der Waals surface area contributed by atoms with Crippen LogP contribution in [0.1, 0.15) is 0 Å². The summed E-state index contributed by atoms with van der Waals surface area (Å²) in [4.78, 5) is 22.5. The first-order valence-electron chi connectivity index (χ1n) is 5.12. The third kappa shape index (κ3) is 3.88. The standard InChI is InChI=1S/C9H14F3N3O2/c1-13-3-7(16)14-2-6-4-15(5-6)8(17)9(10,11)12/h6,13H,2-5H2,1H3,(H,14,16). The molecule has 5 nitrogen and oxygen atoms in total. The quantitative estimate of drug-likeness (QED) is 0.699. The minimum Gasteiger partial charge on any atom is -0.355 e. The van der Waals surface area contributed by atoms with Gasteiger partial charge in [-0.25, -0.2) is 0 Å².